The molecule has 1 aliphatic rings. The molecule has 0 saturated carbocycles. The van der Waals surface area contributed by atoms with Crippen molar-refractivity contribution in [2.45, 2.75) is 12.5 Å². The summed E-state index contributed by atoms with van der Waals surface area (Å²) in [6, 6.07) is 12.7. The molecule has 0 bridgehead atoms. The minimum Gasteiger partial charge on any atom is -0.404 e. The number of phosphoric ester groups is 1. The molecule has 0 aromatic heterocycles. The van der Waals surface area contributed by atoms with E-state index in [1.807, 2.05) is 24.3 Å². The van der Waals surface area contributed by atoms with Crippen LogP contribution in [0.5, 0.6) is 5.75 Å². The van der Waals surface area contributed by atoms with Crippen LogP contribution < -0.4 is 4.52 Å². The quantitative estimate of drug-likeness (QED) is 0.397. The minimum absolute atomic E-state index is 0.0859. The number of hydrogen-bond donors (Lipinski definition) is 0. The highest BCUT2D eigenvalue weighted by atomic mass is 79.9. The van der Waals surface area contributed by atoms with Gasteiger partial charge in [-0.05, 0) is 23.8 Å². The van der Waals surface area contributed by atoms with Crippen molar-refractivity contribution in [2.24, 2.45) is 0 Å². The Morgan fingerprint density at radius 2 is 1.92 bits per heavy atom. The van der Waals surface area contributed by atoms with Crippen molar-refractivity contribution >= 4 is 29.4 Å². The molecule has 1 fully saturated rings. The second-order valence-corrected chi connectivity index (χ2v) is 7.43. The van der Waals surface area contributed by atoms with Gasteiger partial charge in [-0.1, -0.05) is 34.1 Å². The number of non-ortho nitro benzene ring substituents is 1. The molecule has 7 nitrogen and oxygen atoms in total. The van der Waals surface area contributed by atoms with Crippen molar-refractivity contribution in [2.75, 3.05) is 6.61 Å². The molecule has 2 aromatic carbocycles. The van der Waals surface area contributed by atoms with Crippen molar-refractivity contribution in [1.29, 1.82) is 0 Å². The Bertz CT molecular complexity index is 797. The third-order valence-corrected chi connectivity index (χ3v) is 5.57. The van der Waals surface area contributed by atoms with Crippen LogP contribution in [-0.2, 0) is 13.6 Å². The molecule has 1 aliphatic heterocycles. The van der Waals surface area contributed by atoms with Gasteiger partial charge in [0, 0.05) is 23.0 Å². The summed E-state index contributed by atoms with van der Waals surface area (Å²) in [5.74, 6) is 0.178. The van der Waals surface area contributed by atoms with E-state index in [1.165, 1.54) is 24.3 Å². The van der Waals surface area contributed by atoms with Crippen LogP contribution in [0, 0.1) is 10.1 Å². The highest BCUT2D eigenvalue weighted by molar-refractivity contribution is 9.10. The Hall–Kier alpha value is -1.73. The van der Waals surface area contributed by atoms with Crippen LogP contribution in [0.25, 0.3) is 0 Å². The van der Waals surface area contributed by atoms with E-state index in [2.05, 4.69) is 15.9 Å². The molecule has 3 rings (SSSR count). The molecule has 0 N–H and O–H groups in total. The van der Waals surface area contributed by atoms with E-state index in [0.29, 0.717) is 6.42 Å². The second-order valence-electron chi connectivity index (χ2n) is 5.03. The zero-order valence-corrected chi connectivity index (χ0v) is 14.8. The predicted octanol–water partition coefficient (Wildman–Crippen LogP) is 5.02. The maximum absolute atomic E-state index is 12.7. The first-order valence-electron chi connectivity index (χ1n) is 7.08. The number of nitrogens with zero attached hydrogens (tertiary/aromatic N) is 1. The Balaban J connectivity index is 1.76. The molecular formula is C15H13BrNO6P. The molecule has 0 radical (unpaired) electrons. The van der Waals surface area contributed by atoms with E-state index >= 15 is 0 Å². The third-order valence-electron chi connectivity index (χ3n) is 3.40. The van der Waals surface area contributed by atoms with E-state index in [9.17, 15) is 14.7 Å². The Morgan fingerprint density at radius 3 is 2.58 bits per heavy atom. The van der Waals surface area contributed by atoms with Gasteiger partial charge in [0.1, 0.15) is 5.75 Å². The summed E-state index contributed by atoms with van der Waals surface area (Å²) >= 11 is 3.44. The summed E-state index contributed by atoms with van der Waals surface area (Å²) in [5, 5.41) is 10.7. The monoisotopic (exact) mass is 413 g/mol. The zero-order chi connectivity index (χ0) is 17.2. The van der Waals surface area contributed by atoms with Gasteiger partial charge in [0.25, 0.3) is 5.69 Å². The van der Waals surface area contributed by atoms with Gasteiger partial charge in [0.2, 0.25) is 0 Å². The predicted molar refractivity (Wildman–Crippen MR) is 89.9 cm³/mol. The van der Waals surface area contributed by atoms with Gasteiger partial charge >= 0.3 is 7.82 Å². The van der Waals surface area contributed by atoms with Gasteiger partial charge in [-0.2, -0.15) is 0 Å². The van der Waals surface area contributed by atoms with E-state index in [1.54, 1.807) is 0 Å². The fourth-order valence-electron chi connectivity index (χ4n) is 2.26. The summed E-state index contributed by atoms with van der Waals surface area (Å²) < 4.78 is 29.7. The number of phosphoric acid groups is 1. The normalized spacial score (nSPS) is 23.6. The van der Waals surface area contributed by atoms with E-state index in [0.717, 1.165) is 10.0 Å². The summed E-state index contributed by atoms with van der Waals surface area (Å²) in [7, 11) is -3.81. The molecule has 0 spiro atoms. The number of hydrogen-bond acceptors (Lipinski definition) is 6. The fraction of sp³-hybridized carbons (Fsp3) is 0.200. The standard InChI is InChI=1S/C15H13BrNO6P/c16-14-4-2-1-3-13(14)15-9-10-21-24(20,23-15)22-12-7-5-11(6-8-12)17(18)19/h1-8,15H,9-10H2. The lowest BCUT2D eigenvalue weighted by Gasteiger charge is -2.29. The van der Waals surface area contributed by atoms with Crippen LogP contribution in [0.1, 0.15) is 18.1 Å². The molecule has 0 aliphatic carbocycles. The lowest BCUT2D eigenvalue weighted by molar-refractivity contribution is -0.384. The number of nitro benzene ring substituents is 1. The van der Waals surface area contributed by atoms with Crippen molar-refractivity contribution in [3.63, 3.8) is 0 Å². The number of nitro groups is 1. The molecule has 1 heterocycles. The van der Waals surface area contributed by atoms with Gasteiger partial charge in [0.15, 0.2) is 0 Å². The minimum atomic E-state index is -3.81. The number of rotatable bonds is 4. The van der Waals surface area contributed by atoms with Crippen LogP contribution in [0.4, 0.5) is 5.69 Å². The Morgan fingerprint density at radius 1 is 1.21 bits per heavy atom. The lowest BCUT2D eigenvalue weighted by Crippen LogP contribution is -2.16. The molecule has 0 amide bonds. The van der Waals surface area contributed by atoms with E-state index in [-0.39, 0.29) is 18.0 Å². The highest BCUT2D eigenvalue weighted by Gasteiger charge is 2.38. The fourth-order valence-corrected chi connectivity index (χ4v) is 4.20. The first-order chi connectivity index (χ1) is 11.5. The lowest BCUT2D eigenvalue weighted by atomic mass is 10.1. The molecule has 24 heavy (non-hydrogen) atoms. The number of halogens is 1. The van der Waals surface area contributed by atoms with Crippen LogP contribution >= 0.6 is 23.8 Å². The van der Waals surface area contributed by atoms with Gasteiger partial charge in [-0.15, -0.1) is 0 Å². The van der Waals surface area contributed by atoms with Crippen LogP contribution in [-0.4, -0.2) is 11.5 Å². The summed E-state index contributed by atoms with van der Waals surface area (Å²) in [6.45, 7) is 0.219. The van der Waals surface area contributed by atoms with Crippen LogP contribution in [0.2, 0.25) is 0 Å². The maximum atomic E-state index is 12.7. The van der Waals surface area contributed by atoms with E-state index < -0.39 is 18.8 Å². The van der Waals surface area contributed by atoms with Crippen molar-refractivity contribution in [3.8, 4) is 5.75 Å². The highest BCUT2D eigenvalue weighted by Crippen LogP contribution is 2.57. The van der Waals surface area contributed by atoms with Gasteiger partial charge in [-0.25, -0.2) is 4.57 Å². The van der Waals surface area contributed by atoms with Crippen molar-refractivity contribution < 1.29 is 23.1 Å². The first-order valence-corrected chi connectivity index (χ1v) is 9.34. The van der Waals surface area contributed by atoms with Gasteiger partial charge in [-0.3, -0.25) is 19.2 Å². The average Bonchev–Trinajstić information content (AvgIpc) is 2.55. The Kier molecular flexibility index (Phi) is 5.01. The Labute approximate surface area is 146 Å². The second kappa shape index (κ2) is 7.03. The molecule has 9 heteroatoms. The van der Waals surface area contributed by atoms with Crippen LogP contribution in [0.15, 0.2) is 53.0 Å². The summed E-state index contributed by atoms with van der Waals surface area (Å²) in [5.41, 5.74) is 0.769. The SMILES string of the molecule is O=[N+]([O-])c1ccc(OP2(=O)OCCC(c3ccccc3Br)O2)cc1. The van der Waals surface area contributed by atoms with Crippen molar-refractivity contribution in [3.05, 3.63) is 68.7 Å². The molecule has 126 valence electrons. The topological polar surface area (TPSA) is 87.9 Å². The molecule has 2 aromatic rings. The zero-order valence-electron chi connectivity index (χ0n) is 12.3. The smallest absolute Gasteiger partial charge is 0.404 e. The molecule has 2 atom stereocenters. The third kappa shape index (κ3) is 3.84. The maximum Gasteiger partial charge on any atom is 0.530 e. The largest absolute Gasteiger partial charge is 0.530 e. The van der Waals surface area contributed by atoms with E-state index in [4.69, 9.17) is 13.6 Å². The van der Waals surface area contributed by atoms with Crippen molar-refractivity contribution in [1.82, 2.24) is 0 Å². The summed E-state index contributed by atoms with van der Waals surface area (Å²) in [6.07, 6.45) is 0.106. The van der Waals surface area contributed by atoms with Gasteiger partial charge in [0.05, 0.1) is 17.6 Å². The molecular weight excluding hydrogens is 401 g/mol. The summed E-state index contributed by atoms with van der Waals surface area (Å²) in [4.78, 5) is 10.1. The molecule has 2 unspecified atom stereocenters. The average molecular weight is 414 g/mol. The van der Waals surface area contributed by atoms with Crippen LogP contribution in [0.3, 0.4) is 0 Å². The number of benzene rings is 2. The molecule has 1 saturated heterocycles. The van der Waals surface area contributed by atoms with Gasteiger partial charge < -0.3 is 4.52 Å². The first kappa shape index (κ1) is 17.1.